The third kappa shape index (κ3) is 2.82. The number of carbonyl (C=O) groups is 1. The zero-order chi connectivity index (χ0) is 13.8. The van der Waals surface area contributed by atoms with Gasteiger partial charge in [-0.15, -0.1) is 0 Å². The van der Waals surface area contributed by atoms with Crippen molar-refractivity contribution in [3.63, 3.8) is 0 Å². The van der Waals surface area contributed by atoms with E-state index in [-0.39, 0.29) is 6.03 Å². The first-order valence-electron chi connectivity index (χ1n) is 6.99. The molecule has 20 heavy (non-hydrogen) atoms. The summed E-state index contributed by atoms with van der Waals surface area (Å²) < 4.78 is 0. The highest BCUT2D eigenvalue weighted by Crippen LogP contribution is 2.27. The van der Waals surface area contributed by atoms with Crippen molar-refractivity contribution in [3.8, 4) is 0 Å². The van der Waals surface area contributed by atoms with Crippen LogP contribution in [0.2, 0.25) is 0 Å². The summed E-state index contributed by atoms with van der Waals surface area (Å²) in [5.41, 5.74) is 2.17. The van der Waals surface area contributed by atoms with Gasteiger partial charge in [0.1, 0.15) is 0 Å². The van der Waals surface area contributed by atoms with E-state index in [2.05, 4.69) is 29.6 Å². The van der Waals surface area contributed by atoms with Crippen LogP contribution in [0, 0.1) is 0 Å². The Morgan fingerprint density at radius 1 is 1.00 bits per heavy atom. The van der Waals surface area contributed by atoms with Crippen LogP contribution in [-0.2, 0) is 0 Å². The number of likely N-dealkylation sites (tertiary alicyclic amines) is 1. The summed E-state index contributed by atoms with van der Waals surface area (Å²) in [5.74, 6) is 0.456. The smallest absolute Gasteiger partial charge is 0.321 e. The van der Waals surface area contributed by atoms with Crippen LogP contribution in [0.3, 0.4) is 0 Å². The quantitative estimate of drug-likeness (QED) is 0.883. The van der Waals surface area contributed by atoms with Gasteiger partial charge in [0.05, 0.1) is 0 Å². The topological polar surface area (TPSA) is 32.3 Å². The molecule has 2 aromatic rings. The van der Waals surface area contributed by atoms with Gasteiger partial charge in [-0.05, 0) is 24.1 Å². The average Bonchev–Trinajstić information content (AvgIpc) is 2.99. The summed E-state index contributed by atoms with van der Waals surface area (Å²) in [6.45, 7) is 1.61. The minimum Gasteiger partial charge on any atom is -0.324 e. The highest BCUT2D eigenvalue weighted by molar-refractivity contribution is 5.89. The van der Waals surface area contributed by atoms with E-state index in [9.17, 15) is 4.79 Å². The SMILES string of the molecule is O=C(Nc1ccccc1)N1CC[C@@H](c2ccccc2)C1. The van der Waals surface area contributed by atoms with Gasteiger partial charge in [-0.3, -0.25) is 0 Å². The van der Waals surface area contributed by atoms with Crippen molar-refractivity contribution >= 4 is 11.7 Å². The van der Waals surface area contributed by atoms with Gasteiger partial charge in [0.25, 0.3) is 0 Å². The minimum absolute atomic E-state index is 0.00497. The Morgan fingerprint density at radius 3 is 2.35 bits per heavy atom. The third-order valence-electron chi connectivity index (χ3n) is 3.77. The van der Waals surface area contributed by atoms with Crippen molar-refractivity contribution < 1.29 is 4.79 Å². The Bertz CT molecular complexity index is 568. The largest absolute Gasteiger partial charge is 0.324 e. The Morgan fingerprint density at radius 2 is 1.65 bits per heavy atom. The fourth-order valence-electron chi connectivity index (χ4n) is 2.67. The lowest BCUT2D eigenvalue weighted by atomic mass is 9.99. The standard InChI is InChI=1S/C17H18N2O/c20-17(18-16-9-5-2-6-10-16)19-12-11-15(13-19)14-7-3-1-4-8-14/h1-10,15H,11-13H2,(H,18,20)/t15-/m1/s1. The summed E-state index contributed by atoms with van der Waals surface area (Å²) in [4.78, 5) is 14.1. The zero-order valence-corrected chi connectivity index (χ0v) is 11.3. The van der Waals surface area contributed by atoms with Gasteiger partial charge in [0.2, 0.25) is 0 Å². The molecule has 0 radical (unpaired) electrons. The van der Waals surface area contributed by atoms with E-state index < -0.39 is 0 Å². The number of carbonyl (C=O) groups excluding carboxylic acids is 1. The van der Waals surface area contributed by atoms with Gasteiger partial charge in [-0.25, -0.2) is 4.79 Å². The molecule has 102 valence electrons. The molecule has 3 nitrogen and oxygen atoms in total. The molecule has 1 heterocycles. The summed E-state index contributed by atoms with van der Waals surface area (Å²) in [7, 11) is 0. The first kappa shape index (κ1) is 12.7. The molecule has 0 spiro atoms. The monoisotopic (exact) mass is 266 g/mol. The Hall–Kier alpha value is -2.29. The maximum Gasteiger partial charge on any atom is 0.321 e. The zero-order valence-electron chi connectivity index (χ0n) is 11.3. The van der Waals surface area contributed by atoms with Gasteiger partial charge >= 0.3 is 6.03 Å². The van der Waals surface area contributed by atoms with E-state index in [4.69, 9.17) is 0 Å². The highest BCUT2D eigenvalue weighted by Gasteiger charge is 2.27. The van der Waals surface area contributed by atoms with Crippen molar-refractivity contribution in [1.29, 1.82) is 0 Å². The van der Waals surface area contributed by atoms with Crippen molar-refractivity contribution in [2.45, 2.75) is 12.3 Å². The average molecular weight is 266 g/mol. The van der Waals surface area contributed by atoms with Crippen LogP contribution in [0.5, 0.6) is 0 Å². The molecule has 1 fully saturated rings. The molecule has 1 saturated heterocycles. The van der Waals surface area contributed by atoms with Crippen LogP contribution in [-0.4, -0.2) is 24.0 Å². The second-order valence-electron chi connectivity index (χ2n) is 5.14. The van der Waals surface area contributed by atoms with Crippen LogP contribution in [0.25, 0.3) is 0 Å². The van der Waals surface area contributed by atoms with Crippen LogP contribution in [0.1, 0.15) is 17.9 Å². The minimum atomic E-state index is -0.00497. The van der Waals surface area contributed by atoms with Crippen molar-refractivity contribution in [2.24, 2.45) is 0 Å². The molecular formula is C17H18N2O. The number of hydrogen-bond donors (Lipinski definition) is 1. The van der Waals surface area contributed by atoms with Crippen LogP contribution in [0.15, 0.2) is 60.7 Å². The van der Waals surface area contributed by atoms with Crippen molar-refractivity contribution in [2.75, 3.05) is 18.4 Å². The lowest BCUT2D eigenvalue weighted by molar-refractivity contribution is 0.222. The highest BCUT2D eigenvalue weighted by atomic mass is 16.2. The normalized spacial score (nSPS) is 18.0. The van der Waals surface area contributed by atoms with Crippen molar-refractivity contribution in [3.05, 3.63) is 66.2 Å². The second-order valence-corrected chi connectivity index (χ2v) is 5.14. The molecule has 1 N–H and O–H groups in total. The number of benzene rings is 2. The molecule has 1 atom stereocenters. The Balaban J connectivity index is 1.61. The predicted octanol–water partition coefficient (Wildman–Crippen LogP) is 3.71. The summed E-state index contributed by atoms with van der Waals surface area (Å²) in [6, 6.07) is 20.0. The second kappa shape index (κ2) is 5.78. The van der Waals surface area contributed by atoms with E-state index in [1.54, 1.807) is 0 Å². The summed E-state index contributed by atoms with van der Waals surface area (Å²) in [5, 5.41) is 2.94. The van der Waals surface area contributed by atoms with Gasteiger partial charge < -0.3 is 10.2 Å². The van der Waals surface area contributed by atoms with Gasteiger partial charge in [-0.2, -0.15) is 0 Å². The Kier molecular flexibility index (Phi) is 3.68. The molecule has 3 rings (SSSR count). The number of urea groups is 1. The first-order chi connectivity index (χ1) is 9.83. The number of para-hydroxylation sites is 1. The molecule has 0 aromatic heterocycles. The molecule has 0 bridgehead atoms. The first-order valence-corrected chi connectivity index (χ1v) is 6.99. The fraction of sp³-hybridized carbons (Fsp3) is 0.235. The van der Waals surface area contributed by atoms with Gasteiger partial charge in [0, 0.05) is 24.7 Å². The molecule has 2 aromatic carbocycles. The number of nitrogens with one attached hydrogen (secondary N) is 1. The van der Waals surface area contributed by atoms with Crippen LogP contribution >= 0.6 is 0 Å². The maximum absolute atomic E-state index is 12.2. The van der Waals surface area contributed by atoms with Crippen LogP contribution < -0.4 is 5.32 Å². The number of nitrogens with zero attached hydrogens (tertiary/aromatic N) is 1. The summed E-state index contributed by atoms with van der Waals surface area (Å²) in [6.07, 6.45) is 1.03. The third-order valence-corrected chi connectivity index (χ3v) is 3.77. The molecular weight excluding hydrogens is 248 g/mol. The van der Waals surface area contributed by atoms with Crippen LogP contribution in [0.4, 0.5) is 10.5 Å². The molecule has 3 heteroatoms. The van der Waals surface area contributed by atoms with E-state index in [1.165, 1.54) is 5.56 Å². The maximum atomic E-state index is 12.2. The fourth-order valence-corrected chi connectivity index (χ4v) is 2.67. The van der Waals surface area contributed by atoms with Gasteiger partial charge in [0.15, 0.2) is 0 Å². The molecule has 0 saturated carbocycles. The molecule has 1 aliphatic rings. The van der Waals surface area contributed by atoms with E-state index >= 15 is 0 Å². The van der Waals surface area contributed by atoms with E-state index in [0.717, 1.165) is 25.2 Å². The molecule has 1 aliphatic heterocycles. The summed E-state index contributed by atoms with van der Waals surface area (Å²) >= 11 is 0. The molecule has 0 aliphatic carbocycles. The van der Waals surface area contributed by atoms with Gasteiger partial charge in [-0.1, -0.05) is 48.5 Å². The van der Waals surface area contributed by atoms with E-state index in [0.29, 0.717) is 5.92 Å². The number of anilines is 1. The predicted molar refractivity (Wildman–Crippen MR) is 80.8 cm³/mol. The van der Waals surface area contributed by atoms with Crippen molar-refractivity contribution in [1.82, 2.24) is 4.90 Å². The molecule has 0 unspecified atom stereocenters. The molecule has 2 amide bonds. The number of hydrogen-bond acceptors (Lipinski definition) is 1. The van der Waals surface area contributed by atoms with E-state index in [1.807, 2.05) is 41.3 Å². The lowest BCUT2D eigenvalue weighted by Crippen LogP contribution is -2.32. The lowest BCUT2D eigenvalue weighted by Gasteiger charge is -2.17. The number of amides is 2. The Labute approximate surface area is 119 Å². The number of rotatable bonds is 2.